The van der Waals surface area contributed by atoms with Crippen LogP contribution in [0, 0.1) is 5.92 Å². The summed E-state index contributed by atoms with van der Waals surface area (Å²) in [6, 6.07) is 4.51. The maximum Gasteiger partial charge on any atom is 0.322 e. The number of aryl methyl sites for hydroxylation is 1. The molecule has 2 aromatic rings. The Morgan fingerprint density at radius 2 is 1.72 bits per heavy atom. The van der Waals surface area contributed by atoms with Gasteiger partial charge in [-0.15, -0.1) is 11.3 Å². The van der Waals surface area contributed by atoms with Gasteiger partial charge in [0.05, 0.1) is 22.3 Å². The highest BCUT2D eigenvalue weighted by molar-refractivity contribution is 7.08. The number of carbonyl (C=O) groups is 3. The minimum absolute atomic E-state index is 0.00424. The number of nitrogens with zero attached hydrogens (tertiary/aromatic N) is 4. The fourth-order valence-corrected chi connectivity index (χ4v) is 8.77. The van der Waals surface area contributed by atoms with Crippen LogP contribution in [0.3, 0.4) is 0 Å². The Hall–Kier alpha value is -2.86. The number of nitrogen functional groups attached to an aromatic ring is 1. The predicted octanol–water partition coefficient (Wildman–Crippen LogP) is 4.07. The molecule has 1 aromatic heterocycles. The van der Waals surface area contributed by atoms with Gasteiger partial charge in [-0.2, -0.15) is 0 Å². The molecule has 4 aliphatic rings. The standard InChI is InChI=1S/C34H48ClN7O3S/c1-2-24-17-23(19-29(35)32(24)36)18-26(33(44)41-15-13-39(14-16-41)27-3-8-37-9-4-27)20-31(43)40-10-6-28(7-11-40)42-12-5-25-21-46-22-30(25)38-34(42)45/h17,19,21-22,26-28,37H,2-16,18,20,36H2,1H3,(H,38,45)/t26-/m0/s1. The Morgan fingerprint density at radius 1 is 0.978 bits per heavy atom. The molecule has 0 unspecified atom stereocenters. The van der Waals surface area contributed by atoms with Crippen molar-refractivity contribution in [2.45, 2.75) is 70.4 Å². The van der Waals surface area contributed by atoms with E-state index in [1.54, 1.807) is 11.3 Å². The SMILES string of the molecule is CCc1cc(C[C@@H](CC(=O)N2CCC(N3CCc4cscc4NC3=O)CC2)C(=O)N2CCN(C3CCNCC3)CC2)cc(Cl)c1N. The Morgan fingerprint density at radius 3 is 2.43 bits per heavy atom. The average molecular weight is 670 g/mol. The van der Waals surface area contributed by atoms with E-state index in [-0.39, 0.29) is 30.3 Å². The summed E-state index contributed by atoms with van der Waals surface area (Å²) >= 11 is 8.12. The van der Waals surface area contributed by atoms with E-state index in [0.717, 1.165) is 81.5 Å². The Kier molecular flexibility index (Phi) is 10.7. The molecule has 46 heavy (non-hydrogen) atoms. The molecule has 3 saturated heterocycles. The lowest BCUT2D eigenvalue weighted by molar-refractivity contribution is -0.143. The van der Waals surface area contributed by atoms with Crippen LogP contribution in [0.5, 0.6) is 0 Å². The number of piperidine rings is 2. The van der Waals surface area contributed by atoms with E-state index in [9.17, 15) is 14.4 Å². The lowest BCUT2D eigenvalue weighted by Gasteiger charge is -2.42. The van der Waals surface area contributed by atoms with Gasteiger partial charge in [0, 0.05) is 69.7 Å². The number of hydrogen-bond donors (Lipinski definition) is 3. The second kappa shape index (κ2) is 14.9. The summed E-state index contributed by atoms with van der Waals surface area (Å²) in [5.74, 6) is -0.424. The first kappa shape index (κ1) is 33.1. The van der Waals surface area contributed by atoms with Crippen LogP contribution in [0.15, 0.2) is 22.9 Å². The number of piperazine rings is 1. The van der Waals surface area contributed by atoms with Gasteiger partial charge in [-0.3, -0.25) is 14.5 Å². The van der Waals surface area contributed by atoms with Crippen molar-refractivity contribution >= 4 is 52.2 Å². The largest absolute Gasteiger partial charge is 0.397 e. The fourth-order valence-electron chi connectivity index (χ4n) is 7.69. The molecule has 1 aromatic carbocycles. The number of rotatable bonds is 8. The summed E-state index contributed by atoms with van der Waals surface area (Å²) in [7, 11) is 0. The van der Waals surface area contributed by atoms with Crippen LogP contribution in [-0.2, 0) is 28.9 Å². The molecule has 0 spiro atoms. The first-order chi connectivity index (χ1) is 22.3. The average Bonchev–Trinajstić information content (AvgIpc) is 3.46. The topological polar surface area (TPSA) is 114 Å². The second-order valence-corrected chi connectivity index (χ2v) is 14.4. The lowest BCUT2D eigenvalue weighted by Crippen LogP contribution is -2.55. The van der Waals surface area contributed by atoms with Crippen LogP contribution in [-0.4, -0.2) is 108 Å². The van der Waals surface area contributed by atoms with Gasteiger partial charge in [-0.05, 0) is 86.2 Å². The fraction of sp³-hybridized carbons (Fsp3) is 0.618. The molecule has 6 rings (SSSR count). The predicted molar refractivity (Wildman–Crippen MR) is 184 cm³/mol. The summed E-state index contributed by atoms with van der Waals surface area (Å²) in [6.45, 7) is 9.10. The summed E-state index contributed by atoms with van der Waals surface area (Å²) in [4.78, 5) is 49.3. The van der Waals surface area contributed by atoms with Gasteiger partial charge in [0.1, 0.15) is 0 Å². The minimum Gasteiger partial charge on any atom is -0.397 e. The highest BCUT2D eigenvalue weighted by Crippen LogP contribution is 2.30. The zero-order valence-electron chi connectivity index (χ0n) is 26.9. The molecular weight excluding hydrogens is 622 g/mol. The van der Waals surface area contributed by atoms with Crippen LogP contribution >= 0.6 is 22.9 Å². The number of halogens is 1. The third-order valence-electron chi connectivity index (χ3n) is 10.5. The zero-order valence-corrected chi connectivity index (χ0v) is 28.5. The molecular formula is C34H48ClN7O3S. The van der Waals surface area contributed by atoms with Crippen molar-refractivity contribution in [3.05, 3.63) is 44.6 Å². The first-order valence-electron chi connectivity index (χ1n) is 17.0. The number of thiophene rings is 1. The van der Waals surface area contributed by atoms with E-state index < -0.39 is 5.92 Å². The van der Waals surface area contributed by atoms with Gasteiger partial charge in [-0.1, -0.05) is 24.6 Å². The third-order valence-corrected chi connectivity index (χ3v) is 11.6. The van der Waals surface area contributed by atoms with Crippen LogP contribution in [0.2, 0.25) is 5.02 Å². The molecule has 250 valence electrons. The van der Waals surface area contributed by atoms with E-state index in [0.29, 0.717) is 55.9 Å². The zero-order chi connectivity index (χ0) is 32.2. The molecule has 0 saturated carbocycles. The molecule has 3 fully saturated rings. The van der Waals surface area contributed by atoms with Crippen molar-refractivity contribution in [3.63, 3.8) is 0 Å². The lowest BCUT2D eigenvalue weighted by atomic mass is 9.91. The van der Waals surface area contributed by atoms with E-state index in [1.165, 1.54) is 5.56 Å². The molecule has 0 bridgehead atoms. The summed E-state index contributed by atoms with van der Waals surface area (Å²) in [5.41, 5.74) is 10.8. The molecule has 12 heteroatoms. The number of carbonyl (C=O) groups excluding carboxylic acids is 3. The first-order valence-corrected chi connectivity index (χ1v) is 18.3. The Bertz CT molecular complexity index is 1400. The normalized spacial score (nSPS) is 21.1. The number of anilines is 2. The van der Waals surface area contributed by atoms with E-state index in [1.807, 2.05) is 39.1 Å². The number of amides is 4. The molecule has 4 amide bonds. The molecule has 1 atom stereocenters. The van der Waals surface area contributed by atoms with Gasteiger partial charge in [0.25, 0.3) is 0 Å². The van der Waals surface area contributed by atoms with Crippen LogP contribution in [0.4, 0.5) is 16.2 Å². The second-order valence-electron chi connectivity index (χ2n) is 13.2. The third kappa shape index (κ3) is 7.48. The van der Waals surface area contributed by atoms with Crippen LogP contribution < -0.4 is 16.4 Å². The monoisotopic (exact) mass is 669 g/mol. The van der Waals surface area contributed by atoms with Crippen molar-refractivity contribution in [2.75, 3.05) is 70.0 Å². The molecule has 0 aliphatic carbocycles. The van der Waals surface area contributed by atoms with E-state index in [2.05, 4.69) is 20.9 Å². The molecule has 0 radical (unpaired) electrons. The minimum atomic E-state index is -0.477. The van der Waals surface area contributed by atoms with Gasteiger partial charge < -0.3 is 31.1 Å². The quantitative estimate of drug-likeness (QED) is 0.365. The maximum atomic E-state index is 14.1. The number of nitrogens with two attached hydrogens (primary N) is 1. The Labute approximate surface area is 281 Å². The van der Waals surface area contributed by atoms with Gasteiger partial charge in [0.2, 0.25) is 11.8 Å². The van der Waals surface area contributed by atoms with Crippen LogP contribution in [0.25, 0.3) is 0 Å². The number of hydrogen-bond acceptors (Lipinski definition) is 7. The molecule has 4 N–H and O–H groups in total. The van der Waals surface area contributed by atoms with Gasteiger partial charge in [0.15, 0.2) is 0 Å². The maximum absolute atomic E-state index is 14.1. The van der Waals surface area contributed by atoms with Gasteiger partial charge in [-0.25, -0.2) is 4.79 Å². The van der Waals surface area contributed by atoms with Crippen LogP contribution in [0.1, 0.15) is 55.7 Å². The van der Waals surface area contributed by atoms with Crippen molar-refractivity contribution in [3.8, 4) is 0 Å². The number of nitrogens with one attached hydrogen (secondary N) is 2. The number of likely N-dealkylation sites (tertiary alicyclic amines) is 1. The van der Waals surface area contributed by atoms with E-state index in [4.69, 9.17) is 17.3 Å². The molecule has 10 nitrogen and oxygen atoms in total. The van der Waals surface area contributed by atoms with Crippen molar-refractivity contribution in [2.24, 2.45) is 5.92 Å². The number of fused-ring (bicyclic) bond motifs is 1. The number of benzene rings is 1. The summed E-state index contributed by atoms with van der Waals surface area (Å²) < 4.78 is 0. The van der Waals surface area contributed by atoms with E-state index >= 15 is 0 Å². The highest BCUT2D eigenvalue weighted by Gasteiger charge is 2.35. The molecule has 5 heterocycles. The summed E-state index contributed by atoms with van der Waals surface area (Å²) in [6.07, 6.45) is 5.95. The van der Waals surface area contributed by atoms with Crippen molar-refractivity contribution in [1.82, 2.24) is 24.9 Å². The molecule has 4 aliphatic heterocycles. The highest BCUT2D eigenvalue weighted by atomic mass is 35.5. The van der Waals surface area contributed by atoms with Gasteiger partial charge >= 0.3 is 6.03 Å². The smallest absolute Gasteiger partial charge is 0.322 e. The van der Waals surface area contributed by atoms with Crippen molar-refractivity contribution < 1.29 is 14.4 Å². The summed E-state index contributed by atoms with van der Waals surface area (Å²) in [5, 5.41) is 11.1. The Balaban J connectivity index is 1.10. The number of urea groups is 1. The van der Waals surface area contributed by atoms with Crippen molar-refractivity contribution in [1.29, 1.82) is 0 Å².